The van der Waals surface area contributed by atoms with Gasteiger partial charge in [-0.05, 0) is 55.2 Å². The van der Waals surface area contributed by atoms with Gasteiger partial charge in [0.15, 0.2) is 0 Å². The third-order valence-electron chi connectivity index (χ3n) is 3.55. The SMILES string of the molecule is COc1c(C)cc(Br)c(C)c1C(Cl)Cc1ccc(F)cc1. The van der Waals surface area contributed by atoms with Crippen molar-refractivity contribution in [2.24, 2.45) is 0 Å². The predicted octanol–water partition coefficient (Wildman–Crippen LogP) is 5.74. The van der Waals surface area contributed by atoms with Gasteiger partial charge >= 0.3 is 0 Å². The lowest BCUT2D eigenvalue weighted by Crippen LogP contribution is -2.04. The van der Waals surface area contributed by atoms with E-state index in [-0.39, 0.29) is 11.2 Å². The van der Waals surface area contributed by atoms with Crippen LogP contribution in [0.15, 0.2) is 34.8 Å². The summed E-state index contributed by atoms with van der Waals surface area (Å²) in [5.41, 5.74) is 4.08. The topological polar surface area (TPSA) is 9.23 Å². The number of aryl methyl sites for hydroxylation is 1. The van der Waals surface area contributed by atoms with Crippen LogP contribution in [0.4, 0.5) is 4.39 Å². The van der Waals surface area contributed by atoms with E-state index in [9.17, 15) is 4.39 Å². The van der Waals surface area contributed by atoms with Gasteiger partial charge in [0.1, 0.15) is 11.6 Å². The number of benzene rings is 2. The van der Waals surface area contributed by atoms with Crippen LogP contribution in [-0.2, 0) is 6.42 Å². The van der Waals surface area contributed by atoms with E-state index in [0.29, 0.717) is 6.42 Å². The van der Waals surface area contributed by atoms with Crippen LogP contribution in [0.3, 0.4) is 0 Å². The second-order valence-electron chi connectivity index (χ2n) is 5.05. The van der Waals surface area contributed by atoms with Crippen LogP contribution in [0.1, 0.15) is 27.6 Å². The lowest BCUT2D eigenvalue weighted by Gasteiger charge is -2.20. The number of alkyl halides is 1. The quantitative estimate of drug-likeness (QED) is 0.623. The molecule has 1 nitrogen and oxygen atoms in total. The maximum atomic E-state index is 13.0. The lowest BCUT2D eigenvalue weighted by molar-refractivity contribution is 0.405. The van der Waals surface area contributed by atoms with E-state index in [1.165, 1.54) is 12.1 Å². The molecular weight excluding hydrogens is 355 g/mol. The molecule has 0 heterocycles. The third kappa shape index (κ3) is 3.58. The molecule has 0 spiro atoms. The summed E-state index contributed by atoms with van der Waals surface area (Å²) in [6.07, 6.45) is 0.620. The molecule has 112 valence electrons. The molecule has 0 aromatic heterocycles. The molecule has 2 aromatic carbocycles. The van der Waals surface area contributed by atoms with Gasteiger partial charge in [0.25, 0.3) is 0 Å². The molecule has 21 heavy (non-hydrogen) atoms. The highest BCUT2D eigenvalue weighted by Crippen LogP contribution is 2.40. The fourth-order valence-corrected chi connectivity index (χ4v) is 3.45. The van der Waals surface area contributed by atoms with Gasteiger partial charge in [-0.3, -0.25) is 0 Å². The van der Waals surface area contributed by atoms with Crippen molar-refractivity contribution in [3.8, 4) is 5.75 Å². The fourth-order valence-electron chi connectivity index (χ4n) is 2.45. The summed E-state index contributed by atoms with van der Waals surface area (Å²) < 4.78 is 19.5. The Morgan fingerprint density at radius 2 is 1.86 bits per heavy atom. The molecular formula is C17H17BrClFO. The summed E-state index contributed by atoms with van der Waals surface area (Å²) in [6.45, 7) is 4.01. The summed E-state index contributed by atoms with van der Waals surface area (Å²) in [4.78, 5) is 0. The molecule has 0 saturated carbocycles. The van der Waals surface area contributed by atoms with E-state index in [1.54, 1.807) is 19.2 Å². The van der Waals surface area contributed by atoms with Gasteiger partial charge in [-0.15, -0.1) is 11.6 Å². The molecule has 0 saturated heterocycles. The van der Waals surface area contributed by atoms with E-state index in [0.717, 1.165) is 32.5 Å². The fraction of sp³-hybridized carbons (Fsp3) is 0.294. The van der Waals surface area contributed by atoms with E-state index in [1.807, 2.05) is 19.9 Å². The molecule has 2 aromatic rings. The minimum absolute atomic E-state index is 0.235. The Balaban J connectivity index is 2.38. The molecule has 0 amide bonds. The maximum Gasteiger partial charge on any atom is 0.126 e. The number of halogens is 3. The normalized spacial score (nSPS) is 12.3. The van der Waals surface area contributed by atoms with Crippen molar-refractivity contribution < 1.29 is 9.13 Å². The first-order valence-electron chi connectivity index (χ1n) is 6.66. The van der Waals surface area contributed by atoms with Gasteiger partial charge in [0, 0.05) is 10.0 Å². The third-order valence-corrected chi connectivity index (χ3v) is 4.75. The Morgan fingerprint density at radius 1 is 1.24 bits per heavy atom. The Morgan fingerprint density at radius 3 is 2.43 bits per heavy atom. The number of rotatable bonds is 4. The molecule has 0 bridgehead atoms. The van der Waals surface area contributed by atoms with Crippen LogP contribution in [0, 0.1) is 19.7 Å². The van der Waals surface area contributed by atoms with Gasteiger partial charge in [-0.1, -0.05) is 28.1 Å². The zero-order chi connectivity index (χ0) is 15.6. The van der Waals surface area contributed by atoms with Crippen molar-refractivity contribution in [1.82, 2.24) is 0 Å². The first-order valence-corrected chi connectivity index (χ1v) is 7.89. The van der Waals surface area contributed by atoms with E-state index >= 15 is 0 Å². The number of hydrogen-bond donors (Lipinski definition) is 0. The highest BCUT2D eigenvalue weighted by Gasteiger charge is 2.20. The Bertz CT molecular complexity index is 640. The molecule has 2 rings (SSSR count). The minimum Gasteiger partial charge on any atom is -0.496 e. The van der Waals surface area contributed by atoms with Crippen LogP contribution < -0.4 is 4.74 Å². The minimum atomic E-state index is -0.239. The predicted molar refractivity (Wildman–Crippen MR) is 88.9 cm³/mol. The average molecular weight is 372 g/mol. The first kappa shape index (κ1) is 16.3. The average Bonchev–Trinajstić information content (AvgIpc) is 2.44. The zero-order valence-electron chi connectivity index (χ0n) is 12.2. The highest BCUT2D eigenvalue weighted by atomic mass is 79.9. The maximum absolute atomic E-state index is 13.0. The molecule has 0 N–H and O–H groups in total. The Kier molecular flexibility index (Phi) is 5.28. The summed E-state index contributed by atoms with van der Waals surface area (Å²) in [7, 11) is 1.65. The smallest absolute Gasteiger partial charge is 0.126 e. The van der Waals surface area contributed by atoms with Crippen LogP contribution in [0.5, 0.6) is 5.75 Å². The molecule has 0 radical (unpaired) electrons. The van der Waals surface area contributed by atoms with Crippen molar-refractivity contribution in [3.63, 3.8) is 0 Å². The van der Waals surface area contributed by atoms with Gasteiger partial charge in [0.05, 0.1) is 12.5 Å². The highest BCUT2D eigenvalue weighted by molar-refractivity contribution is 9.10. The van der Waals surface area contributed by atoms with Crippen LogP contribution in [0.25, 0.3) is 0 Å². The monoisotopic (exact) mass is 370 g/mol. The second kappa shape index (κ2) is 6.80. The molecule has 1 atom stereocenters. The van der Waals surface area contributed by atoms with Crippen LogP contribution in [0.2, 0.25) is 0 Å². The van der Waals surface area contributed by atoms with Crippen molar-refractivity contribution in [1.29, 1.82) is 0 Å². The summed E-state index contributed by atoms with van der Waals surface area (Å²) in [5, 5.41) is -0.235. The number of hydrogen-bond acceptors (Lipinski definition) is 1. The molecule has 0 aliphatic rings. The van der Waals surface area contributed by atoms with Gasteiger partial charge in [-0.25, -0.2) is 4.39 Å². The van der Waals surface area contributed by atoms with Gasteiger partial charge in [0.2, 0.25) is 0 Å². The molecule has 0 fully saturated rings. The largest absolute Gasteiger partial charge is 0.496 e. The molecule has 0 aliphatic carbocycles. The number of ether oxygens (including phenoxy) is 1. The van der Waals surface area contributed by atoms with E-state index in [2.05, 4.69) is 15.9 Å². The standard InChI is InChI=1S/C17H17BrClFO/c1-10-8-14(18)11(2)16(17(10)21-3)15(19)9-12-4-6-13(20)7-5-12/h4-8,15H,9H2,1-3H3. The van der Waals surface area contributed by atoms with Crippen LogP contribution in [-0.4, -0.2) is 7.11 Å². The molecule has 4 heteroatoms. The summed E-state index contributed by atoms with van der Waals surface area (Å²) in [5.74, 6) is 0.578. The lowest BCUT2D eigenvalue weighted by atomic mass is 9.96. The Labute approximate surface area is 138 Å². The number of methoxy groups -OCH3 is 1. The van der Waals surface area contributed by atoms with Crippen molar-refractivity contribution in [2.45, 2.75) is 25.6 Å². The molecule has 0 aliphatic heterocycles. The van der Waals surface area contributed by atoms with E-state index in [4.69, 9.17) is 16.3 Å². The van der Waals surface area contributed by atoms with E-state index < -0.39 is 0 Å². The zero-order valence-corrected chi connectivity index (χ0v) is 14.6. The van der Waals surface area contributed by atoms with Crippen molar-refractivity contribution >= 4 is 27.5 Å². The first-order chi connectivity index (χ1) is 9.93. The Hall–Kier alpha value is -1.06. The van der Waals surface area contributed by atoms with Crippen molar-refractivity contribution in [3.05, 3.63) is 62.9 Å². The van der Waals surface area contributed by atoms with Crippen molar-refractivity contribution in [2.75, 3.05) is 7.11 Å². The molecule has 1 unspecified atom stereocenters. The van der Waals surface area contributed by atoms with Gasteiger partial charge in [-0.2, -0.15) is 0 Å². The second-order valence-corrected chi connectivity index (χ2v) is 6.43. The van der Waals surface area contributed by atoms with Crippen LogP contribution >= 0.6 is 27.5 Å². The van der Waals surface area contributed by atoms with Gasteiger partial charge < -0.3 is 4.74 Å². The summed E-state index contributed by atoms with van der Waals surface area (Å²) in [6, 6.07) is 8.46. The summed E-state index contributed by atoms with van der Waals surface area (Å²) >= 11 is 10.2.